The lowest BCUT2D eigenvalue weighted by molar-refractivity contribution is 0.201. The van der Waals surface area contributed by atoms with Gasteiger partial charge in [0, 0.05) is 30.6 Å². The first-order valence-electron chi connectivity index (χ1n) is 6.34. The van der Waals surface area contributed by atoms with Crippen LogP contribution in [0.3, 0.4) is 0 Å². The fraction of sp³-hybridized carbons (Fsp3) is 0.692. The van der Waals surface area contributed by atoms with Crippen LogP contribution < -0.4 is 5.32 Å². The largest absolute Gasteiger partial charge is 0.315 e. The van der Waals surface area contributed by atoms with Gasteiger partial charge in [-0.05, 0) is 43.3 Å². The fourth-order valence-electron chi connectivity index (χ4n) is 2.39. The van der Waals surface area contributed by atoms with Gasteiger partial charge in [-0.15, -0.1) is 11.3 Å². The zero-order valence-corrected chi connectivity index (χ0v) is 11.1. The Morgan fingerprint density at radius 2 is 2.38 bits per heavy atom. The van der Waals surface area contributed by atoms with E-state index in [-0.39, 0.29) is 0 Å². The van der Waals surface area contributed by atoms with E-state index in [1.165, 1.54) is 25.9 Å². The minimum absolute atomic E-state index is 0.610. The summed E-state index contributed by atoms with van der Waals surface area (Å²) < 4.78 is 0. The highest BCUT2D eigenvalue weighted by Crippen LogP contribution is 2.32. The monoisotopic (exact) mass is 238 g/mol. The van der Waals surface area contributed by atoms with Gasteiger partial charge in [0.15, 0.2) is 0 Å². The lowest BCUT2D eigenvalue weighted by atomic mass is 10.0. The highest BCUT2D eigenvalue weighted by Gasteiger charge is 2.23. The molecule has 0 saturated heterocycles. The second kappa shape index (κ2) is 5.80. The van der Waals surface area contributed by atoms with Crippen LogP contribution in [0.15, 0.2) is 11.4 Å². The Labute approximate surface area is 103 Å². The molecule has 0 spiro atoms. The third kappa shape index (κ3) is 2.65. The molecule has 0 bridgehead atoms. The molecular weight excluding hydrogens is 216 g/mol. The van der Waals surface area contributed by atoms with E-state index in [2.05, 4.69) is 35.5 Å². The molecule has 2 rings (SSSR count). The van der Waals surface area contributed by atoms with Crippen LogP contribution in [0.4, 0.5) is 0 Å². The van der Waals surface area contributed by atoms with Gasteiger partial charge in [0.25, 0.3) is 0 Å². The van der Waals surface area contributed by atoms with Crippen molar-refractivity contribution in [3.63, 3.8) is 0 Å². The standard InChI is InChI=1S/C13H22N2S/c1-3-6-14-7-9-15-8-4-13-12(11(15)2)5-10-16-13/h5,10-11,14H,3-4,6-9H2,1-2H3. The van der Waals surface area contributed by atoms with Gasteiger partial charge in [0.1, 0.15) is 0 Å². The summed E-state index contributed by atoms with van der Waals surface area (Å²) in [5.41, 5.74) is 1.56. The van der Waals surface area contributed by atoms with E-state index >= 15 is 0 Å². The third-order valence-corrected chi connectivity index (χ3v) is 4.40. The maximum absolute atomic E-state index is 3.48. The molecule has 0 saturated carbocycles. The molecule has 0 radical (unpaired) electrons. The molecule has 3 heteroatoms. The van der Waals surface area contributed by atoms with Crippen molar-refractivity contribution in [2.75, 3.05) is 26.2 Å². The van der Waals surface area contributed by atoms with E-state index in [1.807, 2.05) is 11.3 Å². The number of hydrogen-bond donors (Lipinski definition) is 1. The minimum Gasteiger partial charge on any atom is -0.315 e. The van der Waals surface area contributed by atoms with Crippen molar-refractivity contribution in [1.82, 2.24) is 10.2 Å². The molecular formula is C13H22N2S. The number of nitrogens with one attached hydrogen (secondary N) is 1. The SMILES string of the molecule is CCCNCCN1CCc2sccc2C1C. The molecule has 1 aromatic heterocycles. The van der Waals surface area contributed by atoms with Crippen molar-refractivity contribution in [3.8, 4) is 0 Å². The molecule has 1 N–H and O–H groups in total. The Morgan fingerprint density at radius 3 is 3.19 bits per heavy atom. The van der Waals surface area contributed by atoms with Crippen molar-refractivity contribution >= 4 is 11.3 Å². The topological polar surface area (TPSA) is 15.3 Å². The van der Waals surface area contributed by atoms with Gasteiger partial charge < -0.3 is 5.32 Å². The lowest BCUT2D eigenvalue weighted by Gasteiger charge is -2.33. The summed E-state index contributed by atoms with van der Waals surface area (Å²) in [4.78, 5) is 4.20. The summed E-state index contributed by atoms with van der Waals surface area (Å²) in [5, 5.41) is 5.72. The van der Waals surface area contributed by atoms with Crippen molar-refractivity contribution in [3.05, 3.63) is 21.9 Å². The van der Waals surface area contributed by atoms with Gasteiger partial charge in [-0.3, -0.25) is 4.90 Å². The zero-order valence-electron chi connectivity index (χ0n) is 10.3. The van der Waals surface area contributed by atoms with Crippen LogP contribution in [0.2, 0.25) is 0 Å². The van der Waals surface area contributed by atoms with E-state index in [9.17, 15) is 0 Å². The van der Waals surface area contributed by atoms with Gasteiger partial charge in [-0.2, -0.15) is 0 Å². The second-order valence-electron chi connectivity index (χ2n) is 4.51. The first-order chi connectivity index (χ1) is 7.83. The predicted molar refractivity (Wildman–Crippen MR) is 71.2 cm³/mol. The van der Waals surface area contributed by atoms with Gasteiger partial charge >= 0.3 is 0 Å². The van der Waals surface area contributed by atoms with Crippen molar-refractivity contribution in [2.24, 2.45) is 0 Å². The highest BCUT2D eigenvalue weighted by atomic mass is 32.1. The van der Waals surface area contributed by atoms with Crippen LogP contribution >= 0.6 is 11.3 Å². The van der Waals surface area contributed by atoms with Crippen LogP contribution in [0.1, 0.15) is 36.8 Å². The number of nitrogens with zero attached hydrogens (tertiary/aromatic N) is 1. The Hall–Kier alpha value is -0.380. The number of rotatable bonds is 5. The molecule has 0 aliphatic carbocycles. The molecule has 2 nitrogen and oxygen atoms in total. The van der Waals surface area contributed by atoms with E-state index in [4.69, 9.17) is 0 Å². The molecule has 90 valence electrons. The molecule has 0 amide bonds. The summed E-state index contributed by atoms with van der Waals surface area (Å²) in [7, 11) is 0. The van der Waals surface area contributed by atoms with Crippen molar-refractivity contribution < 1.29 is 0 Å². The van der Waals surface area contributed by atoms with Crippen LogP contribution in [0, 0.1) is 0 Å². The summed E-state index contributed by atoms with van der Waals surface area (Å²) in [6.07, 6.45) is 2.47. The summed E-state index contributed by atoms with van der Waals surface area (Å²) in [6, 6.07) is 2.91. The van der Waals surface area contributed by atoms with Crippen LogP contribution in [0.5, 0.6) is 0 Å². The Balaban J connectivity index is 1.84. The Kier molecular flexibility index (Phi) is 4.38. The maximum atomic E-state index is 3.48. The molecule has 1 atom stereocenters. The van der Waals surface area contributed by atoms with Crippen molar-refractivity contribution in [1.29, 1.82) is 0 Å². The van der Waals surface area contributed by atoms with E-state index in [1.54, 1.807) is 10.4 Å². The molecule has 0 aromatic carbocycles. The van der Waals surface area contributed by atoms with Gasteiger partial charge in [-0.1, -0.05) is 6.92 Å². The predicted octanol–water partition coefficient (Wildman–Crippen LogP) is 2.67. The average Bonchev–Trinajstić information content (AvgIpc) is 2.76. The smallest absolute Gasteiger partial charge is 0.0331 e. The Bertz CT molecular complexity index is 321. The normalized spacial score (nSPS) is 21.0. The number of fused-ring (bicyclic) bond motifs is 1. The van der Waals surface area contributed by atoms with Crippen LogP contribution in [0.25, 0.3) is 0 Å². The fourth-order valence-corrected chi connectivity index (χ4v) is 3.35. The maximum Gasteiger partial charge on any atom is 0.0331 e. The van der Waals surface area contributed by atoms with E-state index in [0.717, 1.165) is 13.1 Å². The molecule has 2 heterocycles. The highest BCUT2D eigenvalue weighted by molar-refractivity contribution is 7.10. The molecule has 1 aliphatic heterocycles. The molecule has 16 heavy (non-hydrogen) atoms. The summed E-state index contributed by atoms with van der Waals surface area (Å²) in [6.45, 7) is 9.22. The first-order valence-corrected chi connectivity index (χ1v) is 7.22. The number of hydrogen-bond acceptors (Lipinski definition) is 3. The van der Waals surface area contributed by atoms with Crippen LogP contribution in [-0.4, -0.2) is 31.1 Å². The summed E-state index contributed by atoms with van der Waals surface area (Å²) >= 11 is 1.92. The second-order valence-corrected chi connectivity index (χ2v) is 5.51. The number of thiophene rings is 1. The van der Waals surface area contributed by atoms with Crippen molar-refractivity contribution in [2.45, 2.75) is 32.7 Å². The Morgan fingerprint density at radius 1 is 1.50 bits per heavy atom. The molecule has 1 aromatic rings. The van der Waals surface area contributed by atoms with E-state index < -0.39 is 0 Å². The molecule has 1 aliphatic rings. The minimum atomic E-state index is 0.610. The molecule has 1 unspecified atom stereocenters. The van der Waals surface area contributed by atoms with Gasteiger partial charge in [0.2, 0.25) is 0 Å². The third-order valence-electron chi connectivity index (χ3n) is 3.41. The lowest BCUT2D eigenvalue weighted by Crippen LogP contribution is -2.38. The quantitative estimate of drug-likeness (QED) is 0.793. The zero-order chi connectivity index (χ0) is 11.4. The van der Waals surface area contributed by atoms with E-state index in [0.29, 0.717) is 6.04 Å². The molecule has 0 fully saturated rings. The average molecular weight is 238 g/mol. The van der Waals surface area contributed by atoms with Crippen LogP contribution in [-0.2, 0) is 6.42 Å². The van der Waals surface area contributed by atoms with Gasteiger partial charge in [0.05, 0.1) is 0 Å². The first kappa shape index (κ1) is 12.1. The van der Waals surface area contributed by atoms with Gasteiger partial charge in [-0.25, -0.2) is 0 Å². The summed E-state index contributed by atoms with van der Waals surface area (Å²) in [5.74, 6) is 0.